The van der Waals surface area contributed by atoms with Gasteiger partial charge in [0.25, 0.3) is 0 Å². The lowest BCUT2D eigenvalue weighted by atomic mass is 10.1. The topological polar surface area (TPSA) is 80.9 Å². The molecule has 128 valence electrons. The van der Waals surface area contributed by atoms with Crippen LogP contribution in [-0.2, 0) is 17.8 Å². The van der Waals surface area contributed by atoms with Crippen LogP contribution in [0, 0.1) is 0 Å². The van der Waals surface area contributed by atoms with E-state index in [9.17, 15) is 4.79 Å². The Balaban J connectivity index is 1.37. The van der Waals surface area contributed by atoms with Gasteiger partial charge in [0.05, 0.1) is 12.1 Å². The Labute approximate surface area is 149 Å². The number of aromatic nitrogens is 3. The van der Waals surface area contributed by atoms with E-state index in [4.69, 9.17) is 4.52 Å². The first-order valence-electron chi connectivity index (χ1n) is 8.25. The van der Waals surface area contributed by atoms with Crippen LogP contribution in [0.4, 0.5) is 0 Å². The maximum absolute atomic E-state index is 12.2. The average molecular weight is 344 g/mol. The van der Waals surface area contributed by atoms with Gasteiger partial charge in [0, 0.05) is 36.1 Å². The number of benzene rings is 1. The van der Waals surface area contributed by atoms with Gasteiger partial charge in [0.15, 0.2) is 5.58 Å². The first-order valence-corrected chi connectivity index (χ1v) is 8.25. The first-order chi connectivity index (χ1) is 12.8. The second-order valence-electron chi connectivity index (χ2n) is 5.87. The molecule has 4 aromatic rings. The number of fused-ring (bicyclic) bond motifs is 1. The van der Waals surface area contributed by atoms with Crippen LogP contribution >= 0.6 is 0 Å². The van der Waals surface area contributed by atoms with E-state index in [-0.39, 0.29) is 12.3 Å². The Bertz CT molecular complexity index is 1030. The lowest BCUT2D eigenvalue weighted by Gasteiger charge is -2.05. The van der Waals surface area contributed by atoms with Gasteiger partial charge < -0.3 is 9.84 Å². The van der Waals surface area contributed by atoms with E-state index in [1.165, 1.54) is 0 Å². The zero-order chi connectivity index (χ0) is 17.8. The van der Waals surface area contributed by atoms with Crippen LogP contribution in [0.1, 0.15) is 11.3 Å². The molecule has 0 unspecified atom stereocenters. The number of rotatable bonds is 5. The molecule has 6 nitrogen and oxygen atoms in total. The van der Waals surface area contributed by atoms with E-state index in [1.807, 2.05) is 48.5 Å². The molecule has 0 atom stereocenters. The molecular weight excluding hydrogens is 328 g/mol. The number of carbonyl (C=O) groups is 1. The third-order valence-electron chi connectivity index (χ3n) is 4.05. The predicted molar refractivity (Wildman–Crippen MR) is 97.0 cm³/mol. The van der Waals surface area contributed by atoms with Crippen LogP contribution in [0.5, 0.6) is 0 Å². The van der Waals surface area contributed by atoms with Gasteiger partial charge >= 0.3 is 0 Å². The molecule has 0 saturated carbocycles. The van der Waals surface area contributed by atoms with Gasteiger partial charge in [-0.25, -0.2) is 0 Å². The van der Waals surface area contributed by atoms with Gasteiger partial charge in [0.1, 0.15) is 5.69 Å². The third-order valence-corrected chi connectivity index (χ3v) is 4.05. The Hall–Kier alpha value is -3.54. The van der Waals surface area contributed by atoms with Crippen molar-refractivity contribution >= 4 is 16.9 Å². The van der Waals surface area contributed by atoms with E-state index in [1.54, 1.807) is 18.6 Å². The summed E-state index contributed by atoms with van der Waals surface area (Å²) in [5.74, 6) is -0.111. The SMILES string of the molecule is O=C(Cc1noc2ccccc12)NCc1ccc(-c2cccnc2)nc1. The molecule has 1 amide bonds. The van der Waals surface area contributed by atoms with E-state index in [2.05, 4.69) is 20.4 Å². The highest BCUT2D eigenvalue weighted by atomic mass is 16.5. The van der Waals surface area contributed by atoms with Gasteiger partial charge in [-0.15, -0.1) is 0 Å². The van der Waals surface area contributed by atoms with Crippen molar-refractivity contribution in [1.82, 2.24) is 20.4 Å². The summed E-state index contributed by atoms with van der Waals surface area (Å²) in [5.41, 5.74) is 4.06. The summed E-state index contributed by atoms with van der Waals surface area (Å²) in [6, 6.07) is 15.2. The van der Waals surface area contributed by atoms with E-state index in [0.29, 0.717) is 17.8 Å². The fourth-order valence-electron chi connectivity index (χ4n) is 2.69. The Morgan fingerprint density at radius 2 is 1.96 bits per heavy atom. The maximum Gasteiger partial charge on any atom is 0.226 e. The minimum Gasteiger partial charge on any atom is -0.356 e. The Kier molecular flexibility index (Phi) is 4.38. The Morgan fingerprint density at radius 1 is 1.04 bits per heavy atom. The fourth-order valence-corrected chi connectivity index (χ4v) is 2.69. The van der Waals surface area contributed by atoms with Crippen molar-refractivity contribution in [2.24, 2.45) is 0 Å². The monoisotopic (exact) mass is 344 g/mol. The van der Waals surface area contributed by atoms with E-state index >= 15 is 0 Å². The summed E-state index contributed by atoms with van der Waals surface area (Å²) < 4.78 is 5.22. The quantitative estimate of drug-likeness (QED) is 0.601. The molecule has 3 heterocycles. The average Bonchev–Trinajstić information content (AvgIpc) is 3.10. The number of carbonyl (C=O) groups excluding carboxylic acids is 1. The third kappa shape index (κ3) is 3.44. The van der Waals surface area contributed by atoms with Crippen LogP contribution in [0.25, 0.3) is 22.2 Å². The zero-order valence-corrected chi connectivity index (χ0v) is 13.9. The highest BCUT2D eigenvalue weighted by Gasteiger charge is 2.11. The van der Waals surface area contributed by atoms with Crippen molar-refractivity contribution in [3.8, 4) is 11.3 Å². The van der Waals surface area contributed by atoms with Crippen molar-refractivity contribution < 1.29 is 9.32 Å². The molecule has 0 radical (unpaired) electrons. The van der Waals surface area contributed by atoms with Crippen molar-refractivity contribution in [3.05, 3.63) is 78.4 Å². The minimum absolute atomic E-state index is 0.111. The van der Waals surface area contributed by atoms with Crippen LogP contribution in [0.15, 0.2) is 71.6 Å². The molecule has 0 aliphatic heterocycles. The lowest BCUT2D eigenvalue weighted by molar-refractivity contribution is -0.120. The van der Waals surface area contributed by atoms with Gasteiger partial charge in [-0.1, -0.05) is 23.4 Å². The predicted octanol–water partition coefficient (Wildman–Crippen LogP) is 3.14. The molecule has 0 saturated heterocycles. The van der Waals surface area contributed by atoms with Gasteiger partial charge in [-0.2, -0.15) is 0 Å². The summed E-state index contributed by atoms with van der Waals surface area (Å²) in [5, 5.41) is 7.74. The maximum atomic E-state index is 12.2. The van der Waals surface area contributed by atoms with Crippen LogP contribution in [-0.4, -0.2) is 21.0 Å². The summed E-state index contributed by atoms with van der Waals surface area (Å²) in [4.78, 5) is 20.7. The molecule has 0 spiro atoms. The first kappa shape index (κ1) is 16.0. The molecule has 0 bridgehead atoms. The van der Waals surface area contributed by atoms with Gasteiger partial charge in [-0.05, 0) is 35.9 Å². The molecular formula is C20H16N4O2. The second-order valence-corrected chi connectivity index (χ2v) is 5.87. The molecule has 6 heteroatoms. The summed E-state index contributed by atoms with van der Waals surface area (Å²) in [6.45, 7) is 0.412. The summed E-state index contributed by atoms with van der Waals surface area (Å²) in [6.07, 6.45) is 5.43. The molecule has 3 aromatic heterocycles. The molecule has 1 aromatic carbocycles. The molecule has 0 aliphatic rings. The number of nitrogens with one attached hydrogen (secondary N) is 1. The van der Waals surface area contributed by atoms with Gasteiger partial charge in [0.2, 0.25) is 5.91 Å². The summed E-state index contributed by atoms with van der Waals surface area (Å²) >= 11 is 0. The second kappa shape index (κ2) is 7.14. The number of hydrogen-bond acceptors (Lipinski definition) is 5. The number of nitrogens with zero attached hydrogens (tertiary/aromatic N) is 3. The zero-order valence-electron chi connectivity index (χ0n) is 13.9. The fraction of sp³-hybridized carbons (Fsp3) is 0.100. The number of pyridine rings is 2. The van der Waals surface area contributed by atoms with Crippen molar-refractivity contribution in [3.63, 3.8) is 0 Å². The van der Waals surface area contributed by atoms with E-state index < -0.39 is 0 Å². The largest absolute Gasteiger partial charge is 0.356 e. The number of hydrogen-bond donors (Lipinski definition) is 1. The van der Waals surface area contributed by atoms with Crippen LogP contribution in [0.3, 0.4) is 0 Å². The smallest absolute Gasteiger partial charge is 0.226 e. The molecule has 0 aliphatic carbocycles. The molecule has 26 heavy (non-hydrogen) atoms. The van der Waals surface area contributed by atoms with Crippen molar-refractivity contribution in [1.29, 1.82) is 0 Å². The molecule has 1 N–H and O–H groups in total. The van der Waals surface area contributed by atoms with Crippen molar-refractivity contribution in [2.75, 3.05) is 0 Å². The number of amides is 1. The van der Waals surface area contributed by atoms with Crippen molar-refractivity contribution in [2.45, 2.75) is 13.0 Å². The Morgan fingerprint density at radius 3 is 2.77 bits per heavy atom. The molecule has 0 fully saturated rings. The lowest BCUT2D eigenvalue weighted by Crippen LogP contribution is -2.24. The minimum atomic E-state index is -0.111. The highest BCUT2D eigenvalue weighted by molar-refractivity contribution is 5.86. The normalized spacial score (nSPS) is 10.8. The van der Waals surface area contributed by atoms with Crippen LogP contribution in [0.2, 0.25) is 0 Å². The standard InChI is InChI=1S/C20H16N4O2/c25-20(10-18-16-5-1-2-6-19(16)26-24-18)23-12-14-7-8-17(22-11-14)15-4-3-9-21-13-15/h1-9,11,13H,10,12H2,(H,23,25). The molecule has 4 rings (SSSR count). The van der Waals surface area contributed by atoms with Crippen LogP contribution < -0.4 is 5.32 Å². The summed E-state index contributed by atoms with van der Waals surface area (Å²) in [7, 11) is 0. The highest BCUT2D eigenvalue weighted by Crippen LogP contribution is 2.18. The van der Waals surface area contributed by atoms with E-state index in [0.717, 1.165) is 22.2 Å². The number of para-hydroxylation sites is 1. The van der Waals surface area contributed by atoms with Gasteiger partial charge in [-0.3, -0.25) is 14.8 Å².